The molecule has 4 heteroatoms. The number of rotatable bonds is 3. The summed E-state index contributed by atoms with van der Waals surface area (Å²) in [6, 6.07) is 0. The Balaban J connectivity index is 2.26. The fraction of sp³-hybridized carbons (Fsp3) is 0.889. The highest BCUT2D eigenvalue weighted by molar-refractivity contribution is 5.69. The predicted molar refractivity (Wildman–Crippen MR) is 50.7 cm³/mol. The molecule has 1 fully saturated rings. The summed E-state index contributed by atoms with van der Waals surface area (Å²) < 4.78 is 0. The summed E-state index contributed by atoms with van der Waals surface area (Å²) in [5.74, 6) is -0.942. The average Bonchev–Trinajstić information content (AvgIpc) is 2.08. The van der Waals surface area contributed by atoms with Gasteiger partial charge in [-0.3, -0.25) is 9.69 Å². The third-order valence-corrected chi connectivity index (χ3v) is 2.55. The Morgan fingerprint density at radius 2 is 1.92 bits per heavy atom. The van der Waals surface area contributed by atoms with Crippen LogP contribution in [-0.2, 0) is 4.79 Å². The van der Waals surface area contributed by atoms with E-state index in [1.807, 2.05) is 0 Å². The van der Waals surface area contributed by atoms with Gasteiger partial charge in [0.05, 0.1) is 5.92 Å². The van der Waals surface area contributed by atoms with Crippen LogP contribution in [0.4, 0.5) is 0 Å². The molecular weight excluding hydrogens is 168 g/mol. The number of likely N-dealkylation sites (N-methyl/N-ethyl adjacent to an activating group) is 1. The van der Waals surface area contributed by atoms with Crippen molar-refractivity contribution >= 4 is 5.97 Å². The number of piperazine rings is 1. The Morgan fingerprint density at radius 1 is 1.38 bits per heavy atom. The molecule has 1 saturated heterocycles. The van der Waals surface area contributed by atoms with E-state index in [1.54, 1.807) is 6.92 Å². The molecule has 0 bridgehead atoms. The Kier molecular flexibility index (Phi) is 3.69. The maximum atomic E-state index is 10.6. The first kappa shape index (κ1) is 10.5. The van der Waals surface area contributed by atoms with Crippen molar-refractivity contribution in [2.75, 3.05) is 39.8 Å². The van der Waals surface area contributed by atoms with Crippen LogP contribution < -0.4 is 0 Å². The second-order valence-corrected chi connectivity index (χ2v) is 3.84. The van der Waals surface area contributed by atoms with Crippen LogP contribution in [0.3, 0.4) is 0 Å². The summed E-state index contributed by atoms with van der Waals surface area (Å²) in [5, 5.41) is 8.73. The van der Waals surface area contributed by atoms with Crippen molar-refractivity contribution < 1.29 is 9.90 Å². The van der Waals surface area contributed by atoms with Crippen molar-refractivity contribution in [2.24, 2.45) is 5.92 Å². The highest BCUT2D eigenvalue weighted by Gasteiger charge is 2.19. The maximum Gasteiger partial charge on any atom is 0.307 e. The normalized spacial score (nSPS) is 22.9. The molecule has 4 nitrogen and oxygen atoms in total. The van der Waals surface area contributed by atoms with Crippen molar-refractivity contribution in [2.45, 2.75) is 6.92 Å². The van der Waals surface area contributed by atoms with Crippen LogP contribution in [0.2, 0.25) is 0 Å². The van der Waals surface area contributed by atoms with E-state index in [9.17, 15) is 4.79 Å². The molecule has 1 heterocycles. The number of nitrogens with zero attached hydrogens (tertiary/aromatic N) is 2. The molecule has 1 N–H and O–H groups in total. The summed E-state index contributed by atoms with van der Waals surface area (Å²) in [6.07, 6.45) is 0. The molecule has 0 aromatic carbocycles. The van der Waals surface area contributed by atoms with Gasteiger partial charge in [-0.1, -0.05) is 6.92 Å². The van der Waals surface area contributed by atoms with Crippen LogP contribution in [0.15, 0.2) is 0 Å². The number of hydrogen-bond donors (Lipinski definition) is 1. The summed E-state index contributed by atoms with van der Waals surface area (Å²) >= 11 is 0. The highest BCUT2D eigenvalue weighted by Crippen LogP contribution is 2.04. The van der Waals surface area contributed by atoms with E-state index in [-0.39, 0.29) is 5.92 Å². The second-order valence-electron chi connectivity index (χ2n) is 3.84. The van der Waals surface area contributed by atoms with E-state index in [0.717, 1.165) is 26.2 Å². The minimum absolute atomic E-state index is 0.247. The summed E-state index contributed by atoms with van der Waals surface area (Å²) in [6.45, 7) is 6.53. The molecule has 0 aromatic heterocycles. The fourth-order valence-corrected chi connectivity index (χ4v) is 1.50. The second kappa shape index (κ2) is 4.58. The third kappa shape index (κ3) is 3.32. The van der Waals surface area contributed by atoms with Gasteiger partial charge in [-0.25, -0.2) is 0 Å². The van der Waals surface area contributed by atoms with Crippen LogP contribution in [0.1, 0.15) is 6.92 Å². The van der Waals surface area contributed by atoms with Crippen LogP contribution in [0, 0.1) is 5.92 Å². The largest absolute Gasteiger partial charge is 0.481 e. The first-order valence-corrected chi connectivity index (χ1v) is 4.73. The zero-order valence-electron chi connectivity index (χ0n) is 8.36. The Hall–Kier alpha value is -0.610. The lowest BCUT2D eigenvalue weighted by molar-refractivity contribution is -0.141. The van der Waals surface area contributed by atoms with Crippen LogP contribution >= 0.6 is 0 Å². The Labute approximate surface area is 79.1 Å². The maximum absolute atomic E-state index is 10.6. The van der Waals surface area contributed by atoms with Gasteiger partial charge in [-0.15, -0.1) is 0 Å². The van der Waals surface area contributed by atoms with E-state index in [4.69, 9.17) is 5.11 Å². The molecule has 1 aliphatic rings. The molecule has 0 amide bonds. The van der Waals surface area contributed by atoms with Gasteiger partial charge in [0.25, 0.3) is 0 Å². The van der Waals surface area contributed by atoms with E-state index >= 15 is 0 Å². The van der Waals surface area contributed by atoms with Gasteiger partial charge in [0.15, 0.2) is 0 Å². The molecular formula is C9H18N2O2. The lowest BCUT2D eigenvalue weighted by Gasteiger charge is -2.33. The van der Waals surface area contributed by atoms with Crippen molar-refractivity contribution in [3.63, 3.8) is 0 Å². The monoisotopic (exact) mass is 186 g/mol. The molecule has 1 rings (SSSR count). The minimum atomic E-state index is -0.695. The van der Waals surface area contributed by atoms with Crippen LogP contribution in [0.25, 0.3) is 0 Å². The number of aliphatic carboxylic acids is 1. The van der Waals surface area contributed by atoms with E-state index < -0.39 is 5.97 Å². The number of hydrogen-bond acceptors (Lipinski definition) is 3. The quantitative estimate of drug-likeness (QED) is 0.671. The summed E-state index contributed by atoms with van der Waals surface area (Å²) in [5.41, 5.74) is 0. The molecule has 0 radical (unpaired) electrons. The standard InChI is InChI=1S/C9H18N2O2/c1-8(9(12)13)7-11-5-3-10(2)4-6-11/h8H,3-7H2,1-2H3,(H,12,13). The molecule has 1 unspecified atom stereocenters. The first-order chi connectivity index (χ1) is 6.09. The number of carbonyl (C=O) groups is 1. The third-order valence-electron chi connectivity index (χ3n) is 2.55. The van der Waals surface area contributed by atoms with E-state index in [1.165, 1.54) is 0 Å². The Bertz CT molecular complexity index is 176. The average molecular weight is 186 g/mol. The molecule has 0 aromatic rings. The molecule has 1 atom stereocenters. The lowest BCUT2D eigenvalue weighted by atomic mass is 10.1. The molecule has 0 saturated carbocycles. The first-order valence-electron chi connectivity index (χ1n) is 4.73. The molecule has 0 spiro atoms. The van der Waals surface area contributed by atoms with E-state index in [2.05, 4.69) is 16.8 Å². The van der Waals surface area contributed by atoms with Gasteiger partial charge < -0.3 is 10.0 Å². The molecule has 1 aliphatic heterocycles. The van der Waals surface area contributed by atoms with Crippen molar-refractivity contribution in [1.82, 2.24) is 9.80 Å². The SMILES string of the molecule is CC(CN1CCN(C)CC1)C(=O)O. The van der Waals surface area contributed by atoms with Gasteiger partial charge in [-0.2, -0.15) is 0 Å². The van der Waals surface area contributed by atoms with E-state index in [0.29, 0.717) is 6.54 Å². The summed E-state index contributed by atoms with van der Waals surface area (Å²) in [7, 11) is 2.10. The fourth-order valence-electron chi connectivity index (χ4n) is 1.50. The van der Waals surface area contributed by atoms with Crippen molar-refractivity contribution in [3.8, 4) is 0 Å². The topological polar surface area (TPSA) is 43.8 Å². The zero-order chi connectivity index (χ0) is 9.84. The predicted octanol–water partition coefficient (Wildman–Crippen LogP) is -0.0455. The van der Waals surface area contributed by atoms with Crippen LogP contribution in [0.5, 0.6) is 0 Å². The van der Waals surface area contributed by atoms with Gasteiger partial charge in [0, 0.05) is 32.7 Å². The highest BCUT2D eigenvalue weighted by atomic mass is 16.4. The van der Waals surface area contributed by atoms with Gasteiger partial charge >= 0.3 is 5.97 Å². The van der Waals surface area contributed by atoms with Crippen molar-refractivity contribution in [3.05, 3.63) is 0 Å². The van der Waals surface area contributed by atoms with Crippen LogP contribution in [-0.4, -0.2) is 60.6 Å². The Morgan fingerprint density at radius 3 is 2.38 bits per heavy atom. The molecule has 0 aliphatic carbocycles. The van der Waals surface area contributed by atoms with Gasteiger partial charge in [0.1, 0.15) is 0 Å². The molecule has 13 heavy (non-hydrogen) atoms. The van der Waals surface area contributed by atoms with Gasteiger partial charge in [-0.05, 0) is 7.05 Å². The molecule has 76 valence electrons. The van der Waals surface area contributed by atoms with Crippen molar-refractivity contribution in [1.29, 1.82) is 0 Å². The summed E-state index contributed by atoms with van der Waals surface area (Å²) in [4.78, 5) is 15.1. The minimum Gasteiger partial charge on any atom is -0.481 e. The smallest absolute Gasteiger partial charge is 0.307 e. The lowest BCUT2D eigenvalue weighted by Crippen LogP contribution is -2.46. The zero-order valence-corrected chi connectivity index (χ0v) is 8.36. The number of carboxylic acids is 1. The van der Waals surface area contributed by atoms with Gasteiger partial charge in [0.2, 0.25) is 0 Å². The number of carboxylic acid groups (broad SMARTS) is 1.